The van der Waals surface area contributed by atoms with Crippen LogP contribution in [0.25, 0.3) is 0 Å². The smallest absolute Gasteiger partial charge is 0.744 e. The Hall–Kier alpha value is 0.100. The molecule has 3 N–H and O–H groups in total. The van der Waals surface area contributed by atoms with E-state index in [-0.39, 0.29) is 35.1 Å². The SMILES string of the molecule is O=C(N[C@H](CO)[C@H](O)c1ccc(S(=O)(=O)[O-])cc1)C(Cl)Cl.[Na+]. The number of nitrogens with one attached hydrogen (secondary N) is 1. The Kier molecular flexibility index (Phi) is 9.45. The van der Waals surface area contributed by atoms with Crippen LogP contribution in [0.2, 0.25) is 0 Å². The first-order chi connectivity index (χ1) is 9.66. The molecule has 22 heavy (non-hydrogen) atoms. The van der Waals surface area contributed by atoms with Crippen molar-refractivity contribution >= 4 is 39.2 Å². The molecule has 1 rings (SSSR count). The maximum absolute atomic E-state index is 11.3. The molecule has 7 nitrogen and oxygen atoms in total. The van der Waals surface area contributed by atoms with Crippen LogP contribution in [0.15, 0.2) is 29.2 Å². The van der Waals surface area contributed by atoms with Crippen molar-refractivity contribution < 1.29 is 57.5 Å². The van der Waals surface area contributed by atoms with Crippen LogP contribution in [0.4, 0.5) is 0 Å². The van der Waals surface area contributed by atoms with Gasteiger partial charge in [0.2, 0.25) is 0 Å². The fraction of sp³-hybridized carbons (Fsp3) is 0.364. The average molecular weight is 380 g/mol. The van der Waals surface area contributed by atoms with E-state index in [1.54, 1.807) is 0 Å². The molecule has 0 saturated carbocycles. The van der Waals surface area contributed by atoms with Crippen molar-refractivity contribution in [3.05, 3.63) is 29.8 Å². The molecule has 118 valence electrons. The molecule has 0 saturated heterocycles. The zero-order valence-corrected chi connectivity index (χ0v) is 15.8. The number of rotatable bonds is 6. The first-order valence-electron chi connectivity index (χ1n) is 5.60. The van der Waals surface area contributed by atoms with Crippen molar-refractivity contribution in [3.63, 3.8) is 0 Å². The van der Waals surface area contributed by atoms with E-state index in [1.165, 1.54) is 12.1 Å². The number of aliphatic hydroxyl groups excluding tert-OH is 2. The Balaban J connectivity index is 0.00000441. The summed E-state index contributed by atoms with van der Waals surface area (Å²) in [5.74, 6) is -0.796. The zero-order valence-electron chi connectivity index (χ0n) is 11.4. The number of hydrogen-bond donors (Lipinski definition) is 3. The number of alkyl halides is 2. The van der Waals surface area contributed by atoms with Gasteiger partial charge in [-0.05, 0) is 17.7 Å². The van der Waals surface area contributed by atoms with Gasteiger partial charge in [-0.25, -0.2) is 8.42 Å². The predicted octanol–water partition coefficient (Wildman–Crippen LogP) is -3.09. The third kappa shape index (κ3) is 6.31. The zero-order chi connectivity index (χ0) is 16.2. The van der Waals surface area contributed by atoms with E-state index in [4.69, 9.17) is 28.3 Å². The van der Waals surface area contributed by atoms with Crippen LogP contribution in [-0.2, 0) is 14.9 Å². The monoisotopic (exact) mass is 379 g/mol. The molecule has 0 aliphatic rings. The van der Waals surface area contributed by atoms with Crippen LogP contribution >= 0.6 is 23.2 Å². The Morgan fingerprint density at radius 1 is 1.27 bits per heavy atom. The summed E-state index contributed by atoms with van der Waals surface area (Å²) in [6.07, 6.45) is -1.34. The second-order valence-electron chi connectivity index (χ2n) is 4.07. The number of amides is 1. The summed E-state index contributed by atoms with van der Waals surface area (Å²) in [4.78, 5) is 9.50. The van der Waals surface area contributed by atoms with Crippen LogP contribution < -0.4 is 34.9 Å². The van der Waals surface area contributed by atoms with Gasteiger partial charge in [0, 0.05) is 0 Å². The van der Waals surface area contributed by atoms with Crippen LogP contribution in [0.3, 0.4) is 0 Å². The van der Waals surface area contributed by atoms with E-state index in [0.29, 0.717) is 0 Å². The summed E-state index contributed by atoms with van der Waals surface area (Å²) in [5, 5.41) is 21.4. The number of halogens is 2. The molecule has 2 atom stereocenters. The summed E-state index contributed by atoms with van der Waals surface area (Å²) in [6, 6.07) is 3.34. The van der Waals surface area contributed by atoms with Gasteiger partial charge in [0.25, 0.3) is 5.91 Å². The van der Waals surface area contributed by atoms with E-state index in [1.807, 2.05) is 0 Å². The van der Waals surface area contributed by atoms with Crippen molar-refractivity contribution in [2.24, 2.45) is 0 Å². The van der Waals surface area contributed by atoms with E-state index in [2.05, 4.69) is 5.32 Å². The molecule has 1 aromatic rings. The van der Waals surface area contributed by atoms with Gasteiger partial charge in [-0.15, -0.1) is 0 Å². The number of benzene rings is 1. The minimum atomic E-state index is -4.59. The van der Waals surface area contributed by atoms with Gasteiger partial charge in [0.15, 0.2) is 4.84 Å². The van der Waals surface area contributed by atoms with Crippen molar-refractivity contribution in [3.8, 4) is 0 Å². The molecule has 1 aromatic carbocycles. The number of hydrogen-bond acceptors (Lipinski definition) is 6. The molecule has 11 heteroatoms. The Bertz CT molecular complexity index is 595. The third-order valence-electron chi connectivity index (χ3n) is 2.61. The molecule has 0 unspecified atom stereocenters. The molecular weight excluding hydrogens is 368 g/mol. The van der Waals surface area contributed by atoms with Gasteiger partial charge in [-0.3, -0.25) is 4.79 Å². The second-order valence-corrected chi connectivity index (χ2v) is 6.54. The molecule has 0 radical (unpaired) electrons. The van der Waals surface area contributed by atoms with Gasteiger partial charge in [0.05, 0.1) is 17.5 Å². The van der Waals surface area contributed by atoms with E-state index in [0.717, 1.165) is 12.1 Å². The molecule has 0 bridgehead atoms. The standard InChI is InChI=1S/C11H13Cl2NO6S.Na/c12-10(13)11(17)14-8(5-15)9(16)6-1-3-7(4-2-6)21(18,19)20;/h1-4,8-10,15-16H,5H2,(H,14,17)(H,18,19,20);/q;+1/p-1/t8-,9-;/m1./s1. The van der Waals surface area contributed by atoms with Gasteiger partial charge in [0.1, 0.15) is 16.2 Å². The minimum Gasteiger partial charge on any atom is -0.744 e. The molecule has 0 aliphatic heterocycles. The fourth-order valence-electron chi connectivity index (χ4n) is 1.53. The molecular formula is C11H12Cl2NNaO6S. The Morgan fingerprint density at radius 2 is 1.77 bits per heavy atom. The number of carbonyl (C=O) groups excluding carboxylic acids is 1. The van der Waals surface area contributed by atoms with Crippen molar-refractivity contribution in [2.45, 2.75) is 21.9 Å². The average Bonchev–Trinajstić information content (AvgIpc) is 2.42. The second kappa shape index (κ2) is 9.41. The molecule has 0 fully saturated rings. The van der Waals surface area contributed by atoms with Gasteiger partial charge in [-0.2, -0.15) is 0 Å². The normalized spacial score (nSPS) is 14.1. The summed E-state index contributed by atoms with van der Waals surface area (Å²) < 4.78 is 32.3. The third-order valence-corrected chi connectivity index (χ3v) is 3.86. The van der Waals surface area contributed by atoms with E-state index < -0.39 is 44.5 Å². The summed E-state index contributed by atoms with van der Waals surface area (Å²) >= 11 is 10.7. The number of aliphatic hydroxyl groups is 2. The summed E-state index contributed by atoms with van der Waals surface area (Å²) in [6.45, 7) is -0.602. The van der Waals surface area contributed by atoms with E-state index in [9.17, 15) is 22.9 Å². The van der Waals surface area contributed by atoms with Gasteiger partial charge >= 0.3 is 29.6 Å². The Labute approximate surface area is 159 Å². The van der Waals surface area contributed by atoms with Crippen molar-refractivity contribution in [1.29, 1.82) is 0 Å². The Morgan fingerprint density at radius 3 is 2.14 bits per heavy atom. The predicted molar refractivity (Wildman–Crippen MR) is 73.9 cm³/mol. The van der Waals surface area contributed by atoms with Crippen LogP contribution in [-0.4, -0.2) is 46.6 Å². The topological polar surface area (TPSA) is 127 Å². The maximum Gasteiger partial charge on any atom is 1.00 e. The summed E-state index contributed by atoms with van der Waals surface area (Å²) in [7, 11) is -4.59. The summed E-state index contributed by atoms with van der Waals surface area (Å²) in [5.41, 5.74) is 0.197. The van der Waals surface area contributed by atoms with Crippen molar-refractivity contribution in [2.75, 3.05) is 6.61 Å². The van der Waals surface area contributed by atoms with Gasteiger partial charge in [-0.1, -0.05) is 35.3 Å². The quantitative estimate of drug-likeness (QED) is 0.273. The van der Waals surface area contributed by atoms with Crippen LogP contribution in [0, 0.1) is 0 Å². The van der Waals surface area contributed by atoms with Crippen LogP contribution in [0.5, 0.6) is 0 Å². The fourth-order valence-corrected chi connectivity index (χ4v) is 2.13. The maximum atomic E-state index is 11.3. The largest absolute Gasteiger partial charge is 1.00 e. The molecule has 0 aliphatic carbocycles. The molecule has 0 heterocycles. The minimum absolute atomic E-state index is 0. The number of carbonyl (C=O) groups is 1. The molecule has 0 aromatic heterocycles. The first kappa shape index (κ1) is 22.1. The first-order valence-corrected chi connectivity index (χ1v) is 7.88. The van der Waals surface area contributed by atoms with Crippen molar-refractivity contribution in [1.82, 2.24) is 5.32 Å². The van der Waals surface area contributed by atoms with E-state index >= 15 is 0 Å². The van der Waals surface area contributed by atoms with Gasteiger partial charge < -0.3 is 20.1 Å². The molecule has 0 spiro atoms. The van der Waals surface area contributed by atoms with Crippen LogP contribution in [0.1, 0.15) is 11.7 Å². The molecule has 1 amide bonds.